The molecule has 0 aliphatic carbocycles. The molecule has 0 saturated carbocycles. The monoisotopic (exact) mass is 296 g/mol. The van der Waals surface area contributed by atoms with Gasteiger partial charge in [-0.1, -0.05) is 54.6 Å². The van der Waals surface area contributed by atoms with E-state index in [-0.39, 0.29) is 5.78 Å². The quantitative estimate of drug-likeness (QED) is 0.788. The Hall–Kier alpha value is -1.93. The first kappa shape index (κ1) is 15.5. The zero-order chi connectivity index (χ0) is 15.1. The SMILES string of the molecule is Cc1cccccsc(CC(=O)Cc2ccccc2)c1C. The number of ketones is 1. The van der Waals surface area contributed by atoms with Gasteiger partial charge in [-0.3, -0.25) is 4.79 Å². The molecule has 2 heteroatoms. The number of rotatable bonds is 4. The smallest absolute Gasteiger partial charge is 0.142 e. The molecular formula is C19H20OS. The molecule has 2 rings (SSSR count). The Bertz CT molecular complexity index is 654. The number of hydrogen-bond acceptors (Lipinski definition) is 2. The van der Waals surface area contributed by atoms with Crippen LogP contribution in [0.25, 0.3) is 0 Å². The molecular weight excluding hydrogens is 276 g/mol. The summed E-state index contributed by atoms with van der Waals surface area (Å²) in [6.45, 7) is 4.18. The first-order chi connectivity index (χ1) is 10.2. The van der Waals surface area contributed by atoms with Gasteiger partial charge in [-0.05, 0) is 35.9 Å². The zero-order valence-electron chi connectivity index (χ0n) is 12.5. The lowest BCUT2D eigenvalue weighted by Gasteiger charge is -2.04. The first-order valence-corrected chi connectivity index (χ1v) is 7.97. The summed E-state index contributed by atoms with van der Waals surface area (Å²) < 4.78 is 0. The second-order valence-corrected chi connectivity index (χ2v) is 6.11. The molecule has 1 nitrogen and oxygen atoms in total. The minimum Gasteiger partial charge on any atom is -0.299 e. The molecule has 1 aromatic heterocycles. The van der Waals surface area contributed by atoms with Gasteiger partial charge >= 0.3 is 0 Å². The average Bonchev–Trinajstić information content (AvgIpc) is 2.55. The minimum absolute atomic E-state index is 0.261. The van der Waals surface area contributed by atoms with E-state index >= 15 is 0 Å². The summed E-state index contributed by atoms with van der Waals surface area (Å²) >= 11 is 1.65. The van der Waals surface area contributed by atoms with Crippen LogP contribution in [0.15, 0.2) is 60.0 Å². The molecule has 0 atom stereocenters. The Morgan fingerprint density at radius 1 is 0.905 bits per heavy atom. The Morgan fingerprint density at radius 3 is 2.33 bits per heavy atom. The number of carbonyl (C=O) groups is 1. The largest absolute Gasteiger partial charge is 0.299 e. The minimum atomic E-state index is 0.261. The third kappa shape index (κ3) is 4.83. The lowest BCUT2D eigenvalue weighted by molar-refractivity contribution is -0.117. The van der Waals surface area contributed by atoms with Crippen LogP contribution in [-0.2, 0) is 17.6 Å². The van der Waals surface area contributed by atoms with Crippen LogP contribution >= 0.6 is 11.3 Å². The average molecular weight is 296 g/mol. The summed E-state index contributed by atoms with van der Waals surface area (Å²) in [5.74, 6) is 0.261. The fraction of sp³-hybridized carbons (Fsp3) is 0.211. The molecule has 108 valence electrons. The summed E-state index contributed by atoms with van der Waals surface area (Å²) in [7, 11) is 0. The molecule has 0 aliphatic rings. The van der Waals surface area contributed by atoms with E-state index in [1.807, 2.05) is 53.9 Å². The molecule has 21 heavy (non-hydrogen) atoms. The van der Waals surface area contributed by atoms with Crippen molar-refractivity contribution >= 4 is 17.1 Å². The third-order valence-electron chi connectivity index (χ3n) is 3.47. The van der Waals surface area contributed by atoms with Gasteiger partial charge in [-0.2, -0.15) is 0 Å². The predicted octanol–water partition coefficient (Wildman–Crippen LogP) is 4.84. The molecule has 0 N–H and O–H groups in total. The molecule has 0 amide bonds. The van der Waals surface area contributed by atoms with Crippen molar-refractivity contribution in [2.75, 3.05) is 0 Å². The molecule has 1 heterocycles. The normalized spacial score (nSPS) is 10.0. The van der Waals surface area contributed by atoms with Gasteiger partial charge in [0.05, 0.1) is 0 Å². The zero-order valence-corrected chi connectivity index (χ0v) is 13.3. The van der Waals surface area contributed by atoms with Gasteiger partial charge in [-0.15, -0.1) is 11.3 Å². The van der Waals surface area contributed by atoms with Crippen LogP contribution in [0.2, 0.25) is 0 Å². The van der Waals surface area contributed by atoms with Crippen LogP contribution < -0.4 is 0 Å². The van der Waals surface area contributed by atoms with E-state index in [2.05, 4.69) is 19.9 Å². The maximum Gasteiger partial charge on any atom is 0.142 e. The Kier molecular flexibility index (Phi) is 5.70. The van der Waals surface area contributed by atoms with E-state index < -0.39 is 0 Å². The van der Waals surface area contributed by atoms with E-state index in [9.17, 15) is 4.79 Å². The van der Waals surface area contributed by atoms with Gasteiger partial charge in [0.25, 0.3) is 0 Å². The van der Waals surface area contributed by atoms with E-state index in [1.54, 1.807) is 11.3 Å². The summed E-state index contributed by atoms with van der Waals surface area (Å²) in [6.07, 6.45) is 1.00. The van der Waals surface area contributed by atoms with Crippen molar-refractivity contribution in [2.45, 2.75) is 26.7 Å². The highest BCUT2D eigenvalue weighted by molar-refractivity contribution is 7.09. The van der Waals surface area contributed by atoms with Gasteiger partial charge in [0.2, 0.25) is 0 Å². The van der Waals surface area contributed by atoms with Crippen LogP contribution in [0.4, 0.5) is 0 Å². The lowest BCUT2D eigenvalue weighted by Crippen LogP contribution is -2.06. The van der Waals surface area contributed by atoms with Crippen molar-refractivity contribution in [2.24, 2.45) is 0 Å². The lowest BCUT2D eigenvalue weighted by atomic mass is 10.0. The van der Waals surface area contributed by atoms with Crippen molar-refractivity contribution in [1.82, 2.24) is 0 Å². The number of Topliss-reactive ketones (excluding diaryl/α,β-unsaturated/α-hetero) is 1. The summed E-state index contributed by atoms with van der Waals surface area (Å²) in [4.78, 5) is 13.5. The van der Waals surface area contributed by atoms with E-state index in [4.69, 9.17) is 0 Å². The predicted molar refractivity (Wildman–Crippen MR) is 90.3 cm³/mol. The van der Waals surface area contributed by atoms with Crippen LogP contribution in [0.5, 0.6) is 0 Å². The number of benzene rings is 1. The second-order valence-electron chi connectivity index (χ2n) is 5.11. The number of hydrogen-bond donors (Lipinski definition) is 0. The topological polar surface area (TPSA) is 17.1 Å². The number of carbonyl (C=O) groups excluding carboxylic acids is 1. The highest BCUT2D eigenvalue weighted by Gasteiger charge is 2.07. The van der Waals surface area contributed by atoms with Gasteiger partial charge in [0.1, 0.15) is 5.78 Å². The van der Waals surface area contributed by atoms with Crippen LogP contribution in [0, 0.1) is 13.8 Å². The van der Waals surface area contributed by atoms with E-state index in [1.165, 1.54) is 11.1 Å². The molecule has 0 spiro atoms. The molecule has 0 aliphatic heterocycles. The molecule has 0 bridgehead atoms. The second kappa shape index (κ2) is 7.75. The standard InChI is InChI=1S/C19H20OS/c1-15-9-5-4-8-12-21-19(16(15)2)14-18(20)13-17-10-6-3-7-11-17/h3-12H,13-14H2,1-2H3. The molecule has 0 unspecified atom stereocenters. The Balaban J connectivity index is 2.22. The maximum absolute atomic E-state index is 12.3. The summed E-state index contributed by atoms with van der Waals surface area (Å²) in [6, 6.07) is 18.1. The molecule has 0 fully saturated rings. The van der Waals surface area contributed by atoms with Gasteiger partial charge in [0.15, 0.2) is 0 Å². The van der Waals surface area contributed by atoms with Gasteiger partial charge < -0.3 is 0 Å². The first-order valence-electron chi connectivity index (χ1n) is 7.09. The number of aryl methyl sites for hydroxylation is 1. The molecule has 1 aromatic carbocycles. The highest BCUT2D eigenvalue weighted by Crippen LogP contribution is 2.16. The molecule has 0 saturated heterocycles. The third-order valence-corrected chi connectivity index (χ3v) is 4.50. The van der Waals surface area contributed by atoms with Crippen molar-refractivity contribution in [3.63, 3.8) is 0 Å². The summed E-state index contributed by atoms with van der Waals surface area (Å²) in [5.41, 5.74) is 3.50. The van der Waals surface area contributed by atoms with Crippen LogP contribution in [-0.4, -0.2) is 5.78 Å². The van der Waals surface area contributed by atoms with Crippen molar-refractivity contribution < 1.29 is 4.79 Å². The van der Waals surface area contributed by atoms with Gasteiger partial charge in [-0.25, -0.2) is 0 Å². The van der Waals surface area contributed by atoms with Crippen LogP contribution in [0.1, 0.15) is 21.6 Å². The Morgan fingerprint density at radius 2 is 1.57 bits per heavy atom. The summed E-state index contributed by atoms with van der Waals surface area (Å²) in [5, 5.41) is 2.04. The fourth-order valence-corrected chi connectivity index (χ4v) is 3.02. The van der Waals surface area contributed by atoms with E-state index in [0.717, 1.165) is 10.4 Å². The molecule has 2 aromatic rings. The molecule has 0 radical (unpaired) electrons. The fourth-order valence-electron chi connectivity index (χ4n) is 2.10. The van der Waals surface area contributed by atoms with E-state index in [0.29, 0.717) is 12.8 Å². The Labute approximate surface area is 130 Å². The van der Waals surface area contributed by atoms with Crippen molar-refractivity contribution in [1.29, 1.82) is 0 Å². The van der Waals surface area contributed by atoms with Gasteiger partial charge in [0, 0.05) is 17.7 Å². The maximum atomic E-state index is 12.3. The van der Waals surface area contributed by atoms with Crippen molar-refractivity contribution in [3.05, 3.63) is 81.5 Å². The van der Waals surface area contributed by atoms with Crippen LogP contribution in [0.3, 0.4) is 0 Å². The van der Waals surface area contributed by atoms with Crippen molar-refractivity contribution in [3.8, 4) is 0 Å². The highest BCUT2D eigenvalue weighted by atomic mass is 32.1.